The van der Waals surface area contributed by atoms with Crippen molar-refractivity contribution in [2.45, 2.75) is 13.5 Å². The third-order valence-electron chi connectivity index (χ3n) is 3.18. The molecule has 3 heterocycles. The first-order valence-electron chi connectivity index (χ1n) is 6.46. The van der Waals surface area contributed by atoms with E-state index in [-0.39, 0.29) is 5.57 Å². The number of aryl methyl sites for hydroxylation is 1. The summed E-state index contributed by atoms with van der Waals surface area (Å²) in [5, 5.41) is 17.6. The lowest BCUT2D eigenvalue weighted by Gasteiger charge is -2.02. The SMILES string of the molecule is CCn1cccc1-c1cc2sc(C=C(C#N)C#N)cc2o1. The molecule has 21 heavy (non-hydrogen) atoms. The van der Waals surface area contributed by atoms with Crippen LogP contribution in [0, 0.1) is 22.7 Å². The first-order chi connectivity index (χ1) is 10.2. The molecule has 0 radical (unpaired) electrons. The minimum Gasteiger partial charge on any atom is -0.454 e. The lowest BCUT2D eigenvalue weighted by atomic mass is 10.3. The Morgan fingerprint density at radius 2 is 2.19 bits per heavy atom. The number of fused-ring (bicyclic) bond motifs is 1. The number of allylic oxidation sites excluding steroid dienone is 1. The van der Waals surface area contributed by atoms with E-state index in [0.717, 1.165) is 33.2 Å². The van der Waals surface area contributed by atoms with Crippen molar-refractivity contribution < 1.29 is 4.42 Å². The summed E-state index contributed by atoms with van der Waals surface area (Å²) in [4.78, 5) is 0.847. The predicted octanol–water partition coefficient (Wildman–Crippen LogP) is 4.41. The number of furan rings is 1. The molecule has 0 amide bonds. The van der Waals surface area contributed by atoms with Crippen LogP contribution in [0.1, 0.15) is 11.8 Å². The standard InChI is InChI=1S/C16H11N3OS/c1-2-19-5-3-4-13(19)14-8-16-15(20-14)7-12(21-16)6-11(9-17)10-18/h3-8H,2H2,1H3. The van der Waals surface area contributed by atoms with Crippen LogP contribution in [0.5, 0.6) is 0 Å². The van der Waals surface area contributed by atoms with Gasteiger partial charge in [0.1, 0.15) is 23.3 Å². The molecule has 3 aromatic heterocycles. The van der Waals surface area contributed by atoms with Crippen molar-refractivity contribution in [3.63, 3.8) is 0 Å². The fourth-order valence-electron chi connectivity index (χ4n) is 2.20. The van der Waals surface area contributed by atoms with Crippen molar-refractivity contribution in [2.75, 3.05) is 0 Å². The molecule has 3 aromatic rings. The monoisotopic (exact) mass is 293 g/mol. The summed E-state index contributed by atoms with van der Waals surface area (Å²) in [6, 6.07) is 11.6. The molecule has 0 atom stereocenters. The molecule has 0 fully saturated rings. The van der Waals surface area contributed by atoms with Gasteiger partial charge in [-0.25, -0.2) is 0 Å². The summed E-state index contributed by atoms with van der Waals surface area (Å²) < 4.78 is 9.01. The first-order valence-corrected chi connectivity index (χ1v) is 7.27. The Morgan fingerprint density at radius 3 is 2.86 bits per heavy atom. The summed E-state index contributed by atoms with van der Waals surface area (Å²) >= 11 is 1.51. The van der Waals surface area contributed by atoms with Crippen LogP contribution >= 0.6 is 11.3 Å². The van der Waals surface area contributed by atoms with Gasteiger partial charge in [-0.2, -0.15) is 10.5 Å². The largest absolute Gasteiger partial charge is 0.454 e. The van der Waals surface area contributed by atoms with E-state index in [1.54, 1.807) is 6.08 Å². The Bertz CT molecular complexity index is 864. The Kier molecular flexibility index (Phi) is 3.35. The van der Waals surface area contributed by atoms with Crippen LogP contribution in [0.25, 0.3) is 27.8 Å². The molecule has 0 bridgehead atoms. The smallest absolute Gasteiger partial charge is 0.152 e. The third kappa shape index (κ3) is 2.35. The Balaban J connectivity index is 2.01. The second-order valence-corrected chi connectivity index (χ2v) is 5.56. The van der Waals surface area contributed by atoms with E-state index in [2.05, 4.69) is 11.5 Å². The van der Waals surface area contributed by atoms with E-state index in [0.29, 0.717) is 0 Å². The van der Waals surface area contributed by atoms with Gasteiger partial charge in [0.05, 0.1) is 10.4 Å². The van der Waals surface area contributed by atoms with Gasteiger partial charge >= 0.3 is 0 Å². The number of aromatic nitrogens is 1. The Hall–Kier alpha value is -2.76. The van der Waals surface area contributed by atoms with Crippen LogP contribution in [0.3, 0.4) is 0 Å². The molecule has 0 saturated carbocycles. The molecule has 3 rings (SSSR count). The van der Waals surface area contributed by atoms with Gasteiger partial charge in [0.25, 0.3) is 0 Å². The number of rotatable bonds is 3. The van der Waals surface area contributed by atoms with E-state index < -0.39 is 0 Å². The fraction of sp³-hybridized carbons (Fsp3) is 0.125. The highest BCUT2D eigenvalue weighted by Gasteiger charge is 2.12. The maximum Gasteiger partial charge on any atom is 0.152 e. The van der Waals surface area contributed by atoms with Crippen molar-refractivity contribution in [3.8, 4) is 23.6 Å². The molecule has 0 aromatic carbocycles. The van der Waals surface area contributed by atoms with Gasteiger partial charge in [0, 0.05) is 23.7 Å². The van der Waals surface area contributed by atoms with Crippen LogP contribution in [0.2, 0.25) is 0 Å². The summed E-state index contributed by atoms with van der Waals surface area (Å²) in [6.45, 7) is 2.97. The normalized spacial score (nSPS) is 10.2. The van der Waals surface area contributed by atoms with Crippen molar-refractivity contribution in [2.24, 2.45) is 0 Å². The zero-order valence-electron chi connectivity index (χ0n) is 11.3. The molecular formula is C16H11N3OS. The summed E-state index contributed by atoms with van der Waals surface area (Å²) in [7, 11) is 0. The highest BCUT2D eigenvalue weighted by molar-refractivity contribution is 7.19. The van der Waals surface area contributed by atoms with E-state index in [9.17, 15) is 0 Å². The average molecular weight is 293 g/mol. The molecule has 0 spiro atoms. The topological polar surface area (TPSA) is 65.7 Å². The maximum atomic E-state index is 8.78. The van der Waals surface area contributed by atoms with Crippen molar-refractivity contribution in [3.05, 3.63) is 40.9 Å². The second-order valence-electron chi connectivity index (χ2n) is 4.45. The van der Waals surface area contributed by atoms with Crippen molar-refractivity contribution in [1.82, 2.24) is 4.57 Å². The number of hydrogen-bond acceptors (Lipinski definition) is 4. The van der Waals surface area contributed by atoms with Crippen LogP contribution < -0.4 is 0 Å². The van der Waals surface area contributed by atoms with Crippen LogP contribution in [0.15, 0.2) is 40.5 Å². The van der Waals surface area contributed by atoms with E-state index in [1.807, 2.05) is 42.6 Å². The summed E-state index contributed by atoms with van der Waals surface area (Å²) in [5.41, 5.74) is 1.92. The van der Waals surface area contributed by atoms with Crippen molar-refractivity contribution >= 4 is 27.7 Å². The minimum atomic E-state index is 0.0963. The van der Waals surface area contributed by atoms with Gasteiger partial charge in [0.2, 0.25) is 0 Å². The molecule has 0 unspecified atom stereocenters. The quantitative estimate of drug-likeness (QED) is 0.672. The minimum absolute atomic E-state index is 0.0963. The van der Waals surface area contributed by atoms with Gasteiger partial charge in [0.15, 0.2) is 5.76 Å². The zero-order valence-corrected chi connectivity index (χ0v) is 12.1. The number of nitriles is 2. The van der Waals surface area contributed by atoms with E-state index >= 15 is 0 Å². The zero-order chi connectivity index (χ0) is 14.8. The molecule has 0 aliphatic carbocycles. The third-order valence-corrected chi connectivity index (χ3v) is 4.19. The molecule has 5 heteroatoms. The number of hydrogen-bond donors (Lipinski definition) is 0. The molecule has 0 aliphatic rings. The average Bonchev–Trinajstić information content (AvgIpc) is 3.17. The lowest BCUT2D eigenvalue weighted by Crippen LogP contribution is -1.93. The first kappa shape index (κ1) is 13.2. The predicted molar refractivity (Wildman–Crippen MR) is 82.4 cm³/mol. The van der Waals surface area contributed by atoms with Crippen molar-refractivity contribution in [1.29, 1.82) is 10.5 Å². The highest BCUT2D eigenvalue weighted by Crippen LogP contribution is 2.34. The second kappa shape index (κ2) is 5.32. The van der Waals surface area contributed by atoms with E-state index in [1.165, 1.54) is 11.3 Å². The fourth-order valence-corrected chi connectivity index (χ4v) is 3.16. The molecule has 0 aliphatic heterocycles. The summed E-state index contributed by atoms with van der Waals surface area (Å²) in [6.07, 6.45) is 3.60. The van der Waals surface area contributed by atoms with Gasteiger partial charge < -0.3 is 8.98 Å². The number of nitrogens with zero attached hydrogens (tertiary/aromatic N) is 3. The Labute approximate surface area is 125 Å². The number of thiophene rings is 1. The molecule has 0 saturated heterocycles. The lowest BCUT2D eigenvalue weighted by molar-refractivity contribution is 0.619. The highest BCUT2D eigenvalue weighted by atomic mass is 32.1. The van der Waals surface area contributed by atoms with Gasteiger partial charge in [-0.15, -0.1) is 11.3 Å². The summed E-state index contributed by atoms with van der Waals surface area (Å²) in [5.74, 6) is 0.833. The van der Waals surface area contributed by atoms with Crippen LogP contribution in [0.4, 0.5) is 0 Å². The van der Waals surface area contributed by atoms with Gasteiger partial charge in [-0.05, 0) is 31.2 Å². The van der Waals surface area contributed by atoms with Crippen LogP contribution in [-0.4, -0.2) is 4.57 Å². The molecule has 4 nitrogen and oxygen atoms in total. The maximum absolute atomic E-state index is 8.78. The van der Waals surface area contributed by atoms with Gasteiger partial charge in [-0.1, -0.05) is 0 Å². The molecule has 102 valence electrons. The van der Waals surface area contributed by atoms with E-state index in [4.69, 9.17) is 14.9 Å². The molecular weight excluding hydrogens is 282 g/mol. The molecule has 0 N–H and O–H groups in total. The van der Waals surface area contributed by atoms with Crippen LogP contribution in [-0.2, 0) is 6.54 Å². The Morgan fingerprint density at radius 1 is 1.38 bits per heavy atom. The van der Waals surface area contributed by atoms with Gasteiger partial charge in [-0.3, -0.25) is 0 Å².